The molecule has 2 aliphatic rings. The monoisotopic (exact) mass is 366 g/mol. The van der Waals surface area contributed by atoms with E-state index in [4.69, 9.17) is 0 Å². The number of aliphatic hydroxyl groups is 1. The van der Waals surface area contributed by atoms with Gasteiger partial charge in [-0.25, -0.2) is 8.42 Å². The summed E-state index contributed by atoms with van der Waals surface area (Å²) >= 11 is 0. The van der Waals surface area contributed by atoms with Crippen molar-refractivity contribution in [3.8, 4) is 0 Å². The Morgan fingerprint density at radius 3 is 2.36 bits per heavy atom. The Labute approximate surface area is 149 Å². The SMILES string of the molecule is CS(=O)(=O)c1ccc(CN2CCCC23CCCN(CCO)C3=O)cc1. The third kappa shape index (κ3) is 3.59. The minimum atomic E-state index is -3.19. The number of rotatable bonds is 5. The van der Waals surface area contributed by atoms with Gasteiger partial charge in [0.25, 0.3) is 0 Å². The first-order chi connectivity index (χ1) is 11.9. The Morgan fingerprint density at radius 2 is 1.76 bits per heavy atom. The van der Waals surface area contributed by atoms with Crippen molar-refractivity contribution in [1.29, 1.82) is 0 Å². The Balaban J connectivity index is 1.78. The van der Waals surface area contributed by atoms with Gasteiger partial charge in [-0.1, -0.05) is 12.1 Å². The fourth-order valence-corrected chi connectivity index (χ4v) is 4.78. The molecule has 3 rings (SSSR count). The van der Waals surface area contributed by atoms with Gasteiger partial charge in [0.1, 0.15) is 5.54 Å². The first-order valence-electron chi connectivity index (χ1n) is 8.81. The number of hydrogen-bond acceptors (Lipinski definition) is 5. The Morgan fingerprint density at radius 1 is 1.12 bits per heavy atom. The van der Waals surface area contributed by atoms with Crippen LogP contribution in [0.4, 0.5) is 0 Å². The van der Waals surface area contributed by atoms with Gasteiger partial charge >= 0.3 is 0 Å². The van der Waals surface area contributed by atoms with Gasteiger partial charge < -0.3 is 10.0 Å². The van der Waals surface area contributed by atoms with E-state index in [0.717, 1.165) is 44.3 Å². The number of sulfone groups is 1. The molecule has 2 saturated heterocycles. The molecule has 1 aromatic carbocycles. The van der Waals surface area contributed by atoms with Gasteiger partial charge in [-0.2, -0.15) is 0 Å². The van der Waals surface area contributed by atoms with Crippen molar-refractivity contribution in [2.75, 3.05) is 32.5 Å². The van der Waals surface area contributed by atoms with Crippen LogP contribution in [0.15, 0.2) is 29.2 Å². The van der Waals surface area contributed by atoms with E-state index < -0.39 is 15.4 Å². The van der Waals surface area contributed by atoms with Gasteiger partial charge in [0, 0.05) is 25.9 Å². The quantitative estimate of drug-likeness (QED) is 0.842. The predicted octanol–water partition coefficient (Wildman–Crippen LogP) is 1.04. The van der Waals surface area contributed by atoms with Crippen molar-refractivity contribution < 1.29 is 18.3 Å². The number of carbonyl (C=O) groups is 1. The zero-order valence-electron chi connectivity index (χ0n) is 14.6. The molecule has 6 nitrogen and oxygen atoms in total. The number of benzene rings is 1. The molecule has 2 heterocycles. The lowest BCUT2D eigenvalue weighted by molar-refractivity contribution is -0.148. The highest BCUT2D eigenvalue weighted by Crippen LogP contribution is 2.39. The fraction of sp³-hybridized carbons (Fsp3) is 0.611. The van der Waals surface area contributed by atoms with Crippen molar-refractivity contribution >= 4 is 15.7 Å². The molecule has 138 valence electrons. The zero-order chi connectivity index (χ0) is 18.1. The van der Waals surface area contributed by atoms with E-state index in [1.165, 1.54) is 6.26 Å². The first kappa shape index (κ1) is 18.4. The molecule has 0 aromatic heterocycles. The number of aliphatic hydroxyl groups excluding tert-OH is 1. The van der Waals surface area contributed by atoms with Gasteiger partial charge in [-0.3, -0.25) is 9.69 Å². The molecular formula is C18H26N2O4S. The Bertz CT molecular complexity index is 730. The molecule has 0 aliphatic carbocycles. The van der Waals surface area contributed by atoms with Crippen LogP contribution in [0.2, 0.25) is 0 Å². The van der Waals surface area contributed by atoms with E-state index in [0.29, 0.717) is 18.0 Å². The molecule has 1 spiro atoms. The van der Waals surface area contributed by atoms with Crippen LogP contribution in [-0.2, 0) is 21.2 Å². The van der Waals surface area contributed by atoms with Crippen LogP contribution >= 0.6 is 0 Å². The molecule has 7 heteroatoms. The summed E-state index contributed by atoms with van der Waals surface area (Å²) in [6.07, 6.45) is 4.85. The number of hydrogen-bond donors (Lipinski definition) is 1. The number of nitrogens with zero attached hydrogens (tertiary/aromatic N) is 2. The summed E-state index contributed by atoms with van der Waals surface area (Å²) in [5, 5.41) is 9.20. The first-order valence-corrected chi connectivity index (χ1v) is 10.7. The van der Waals surface area contributed by atoms with E-state index in [2.05, 4.69) is 4.90 Å². The van der Waals surface area contributed by atoms with Gasteiger partial charge in [0.15, 0.2) is 9.84 Å². The second-order valence-electron chi connectivity index (χ2n) is 7.09. The van der Waals surface area contributed by atoms with Crippen LogP contribution in [-0.4, -0.2) is 67.3 Å². The van der Waals surface area contributed by atoms with Crippen LogP contribution in [0.25, 0.3) is 0 Å². The lowest BCUT2D eigenvalue weighted by Crippen LogP contribution is -2.60. The summed E-state index contributed by atoms with van der Waals surface area (Å²) in [5.74, 6) is 0.137. The number of amides is 1. The minimum Gasteiger partial charge on any atom is -0.395 e. The number of piperidine rings is 1. The molecule has 0 bridgehead atoms. The third-order valence-corrected chi connectivity index (χ3v) is 6.55. The average molecular weight is 366 g/mol. The molecular weight excluding hydrogens is 340 g/mol. The smallest absolute Gasteiger partial charge is 0.243 e. The third-order valence-electron chi connectivity index (χ3n) is 5.42. The molecule has 0 saturated carbocycles. The molecule has 1 amide bonds. The van der Waals surface area contributed by atoms with Crippen LogP contribution in [0, 0.1) is 0 Å². The summed E-state index contributed by atoms with van der Waals surface area (Å²) in [6, 6.07) is 6.94. The number of β-amino-alcohol motifs (C(OH)–C–C–N with tert-alkyl or cyclic N) is 1. The molecule has 0 radical (unpaired) electrons. The summed E-state index contributed by atoms with van der Waals surface area (Å²) in [5.41, 5.74) is 0.559. The predicted molar refractivity (Wildman–Crippen MR) is 94.8 cm³/mol. The molecule has 1 aromatic rings. The maximum Gasteiger partial charge on any atom is 0.243 e. The van der Waals surface area contributed by atoms with Crippen LogP contribution in [0.1, 0.15) is 31.2 Å². The van der Waals surface area contributed by atoms with Crippen molar-refractivity contribution in [2.45, 2.75) is 42.7 Å². The molecule has 1 N–H and O–H groups in total. The Kier molecular flexibility index (Phi) is 5.18. The normalized spacial score (nSPS) is 25.0. The zero-order valence-corrected chi connectivity index (χ0v) is 15.5. The average Bonchev–Trinajstić information content (AvgIpc) is 2.95. The van der Waals surface area contributed by atoms with Crippen LogP contribution < -0.4 is 0 Å². The van der Waals surface area contributed by atoms with E-state index in [-0.39, 0.29) is 12.5 Å². The van der Waals surface area contributed by atoms with Gasteiger partial charge in [-0.05, 0) is 49.9 Å². The van der Waals surface area contributed by atoms with Gasteiger partial charge in [-0.15, -0.1) is 0 Å². The molecule has 2 fully saturated rings. The summed E-state index contributed by atoms with van der Waals surface area (Å²) < 4.78 is 23.2. The summed E-state index contributed by atoms with van der Waals surface area (Å²) in [4.78, 5) is 17.4. The van der Waals surface area contributed by atoms with Gasteiger partial charge in [0.05, 0.1) is 11.5 Å². The second-order valence-corrected chi connectivity index (χ2v) is 9.11. The minimum absolute atomic E-state index is 0.00518. The Hall–Kier alpha value is -1.44. The summed E-state index contributed by atoms with van der Waals surface area (Å²) in [7, 11) is -3.19. The van der Waals surface area contributed by atoms with Gasteiger partial charge in [0.2, 0.25) is 5.91 Å². The highest BCUT2D eigenvalue weighted by molar-refractivity contribution is 7.90. The molecule has 1 atom stereocenters. The highest BCUT2D eigenvalue weighted by atomic mass is 32.2. The van der Waals surface area contributed by atoms with Crippen molar-refractivity contribution in [3.05, 3.63) is 29.8 Å². The second kappa shape index (κ2) is 7.05. The summed E-state index contributed by atoms with van der Waals surface area (Å²) in [6.45, 7) is 2.62. The van der Waals surface area contributed by atoms with E-state index >= 15 is 0 Å². The standard InChI is InChI=1S/C18H26N2O4S/c1-25(23,24)16-6-4-15(5-7-16)14-20-11-3-9-18(20)8-2-10-19(12-13-21)17(18)22/h4-7,21H,2-3,8-14H2,1H3. The van der Waals surface area contributed by atoms with E-state index in [1.807, 2.05) is 12.1 Å². The maximum absolute atomic E-state index is 13.0. The number of carbonyl (C=O) groups excluding carboxylic acids is 1. The molecule has 25 heavy (non-hydrogen) atoms. The largest absolute Gasteiger partial charge is 0.395 e. The molecule has 2 aliphatic heterocycles. The fourth-order valence-electron chi connectivity index (χ4n) is 4.15. The van der Waals surface area contributed by atoms with E-state index in [1.54, 1.807) is 17.0 Å². The van der Waals surface area contributed by atoms with Crippen molar-refractivity contribution in [3.63, 3.8) is 0 Å². The van der Waals surface area contributed by atoms with Crippen molar-refractivity contribution in [2.24, 2.45) is 0 Å². The highest BCUT2D eigenvalue weighted by Gasteiger charge is 2.50. The topological polar surface area (TPSA) is 77.9 Å². The maximum atomic E-state index is 13.0. The lowest BCUT2D eigenvalue weighted by atomic mass is 9.85. The number of likely N-dealkylation sites (tertiary alicyclic amines) is 2. The lowest BCUT2D eigenvalue weighted by Gasteiger charge is -2.44. The molecule has 1 unspecified atom stereocenters. The van der Waals surface area contributed by atoms with Crippen LogP contribution in [0.5, 0.6) is 0 Å². The van der Waals surface area contributed by atoms with E-state index in [9.17, 15) is 18.3 Å². The van der Waals surface area contributed by atoms with Crippen LogP contribution in [0.3, 0.4) is 0 Å². The van der Waals surface area contributed by atoms with Crippen molar-refractivity contribution in [1.82, 2.24) is 9.80 Å².